The van der Waals surface area contributed by atoms with E-state index in [9.17, 15) is 13.6 Å². The highest BCUT2D eigenvalue weighted by atomic mass is 19.2. The average Bonchev–Trinajstić information content (AvgIpc) is 2.81. The quantitative estimate of drug-likeness (QED) is 0.859. The molecule has 1 fully saturated rings. The first-order valence-electron chi connectivity index (χ1n) is 6.70. The Morgan fingerprint density at radius 3 is 2.90 bits per heavy atom. The lowest BCUT2D eigenvalue weighted by Crippen LogP contribution is -2.32. The SMILES string of the molecule is CNCC1CCN(CC(=O)Nc2ccc(F)c(F)c2)C1. The van der Waals surface area contributed by atoms with Crippen LogP contribution >= 0.6 is 0 Å². The molecule has 0 aromatic heterocycles. The van der Waals surface area contributed by atoms with Gasteiger partial charge < -0.3 is 10.6 Å². The van der Waals surface area contributed by atoms with E-state index in [1.54, 1.807) is 0 Å². The number of benzene rings is 1. The molecule has 110 valence electrons. The second-order valence-electron chi connectivity index (χ2n) is 5.12. The van der Waals surface area contributed by atoms with Crippen LogP contribution in [0.25, 0.3) is 0 Å². The molecular formula is C14H19F2N3O. The van der Waals surface area contributed by atoms with Crippen molar-refractivity contribution in [2.45, 2.75) is 6.42 Å². The lowest BCUT2D eigenvalue weighted by molar-refractivity contribution is -0.117. The van der Waals surface area contributed by atoms with Crippen molar-refractivity contribution in [1.29, 1.82) is 0 Å². The van der Waals surface area contributed by atoms with Crippen LogP contribution in [0.3, 0.4) is 0 Å². The first kappa shape index (κ1) is 14.9. The van der Waals surface area contributed by atoms with Crippen LogP contribution in [0.1, 0.15) is 6.42 Å². The number of nitrogens with zero attached hydrogens (tertiary/aromatic N) is 1. The van der Waals surface area contributed by atoms with E-state index >= 15 is 0 Å². The highest BCUT2D eigenvalue weighted by Gasteiger charge is 2.23. The van der Waals surface area contributed by atoms with Gasteiger partial charge in [0.2, 0.25) is 5.91 Å². The minimum atomic E-state index is -0.960. The number of carbonyl (C=O) groups excluding carboxylic acids is 1. The third-order valence-electron chi connectivity index (χ3n) is 3.43. The number of halogens is 2. The van der Waals surface area contributed by atoms with E-state index in [1.807, 2.05) is 7.05 Å². The van der Waals surface area contributed by atoms with Crippen molar-refractivity contribution in [3.05, 3.63) is 29.8 Å². The summed E-state index contributed by atoms with van der Waals surface area (Å²) in [6.45, 7) is 2.99. The normalized spacial score (nSPS) is 19.2. The van der Waals surface area contributed by atoms with Crippen LogP contribution in [-0.2, 0) is 4.79 Å². The zero-order chi connectivity index (χ0) is 14.5. The fourth-order valence-electron chi connectivity index (χ4n) is 2.49. The molecule has 1 saturated heterocycles. The molecule has 0 bridgehead atoms. The Morgan fingerprint density at radius 2 is 2.20 bits per heavy atom. The summed E-state index contributed by atoms with van der Waals surface area (Å²) in [4.78, 5) is 13.9. The second-order valence-corrected chi connectivity index (χ2v) is 5.12. The highest BCUT2D eigenvalue weighted by Crippen LogP contribution is 2.16. The van der Waals surface area contributed by atoms with Crippen molar-refractivity contribution < 1.29 is 13.6 Å². The molecule has 2 rings (SSSR count). The Labute approximate surface area is 117 Å². The fraction of sp³-hybridized carbons (Fsp3) is 0.500. The van der Waals surface area contributed by atoms with Gasteiger partial charge in [-0.1, -0.05) is 0 Å². The Bertz CT molecular complexity index is 481. The molecule has 1 heterocycles. The van der Waals surface area contributed by atoms with Crippen molar-refractivity contribution >= 4 is 11.6 Å². The molecule has 20 heavy (non-hydrogen) atoms. The number of carbonyl (C=O) groups is 1. The summed E-state index contributed by atoms with van der Waals surface area (Å²) in [6, 6.07) is 3.34. The number of anilines is 1. The van der Waals surface area contributed by atoms with Gasteiger partial charge in [-0.15, -0.1) is 0 Å². The number of hydrogen-bond donors (Lipinski definition) is 2. The minimum Gasteiger partial charge on any atom is -0.325 e. The van der Waals surface area contributed by atoms with Gasteiger partial charge >= 0.3 is 0 Å². The summed E-state index contributed by atoms with van der Waals surface area (Å²) >= 11 is 0. The van der Waals surface area contributed by atoms with Gasteiger partial charge in [0.05, 0.1) is 6.54 Å². The van der Waals surface area contributed by atoms with E-state index in [0.29, 0.717) is 5.92 Å². The molecule has 1 unspecified atom stereocenters. The summed E-state index contributed by atoms with van der Waals surface area (Å²) in [7, 11) is 1.92. The van der Waals surface area contributed by atoms with Crippen LogP contribution in [0, 0.1) is 17.6 Å². The van der Waals surface area contributed by atoms with Gasteiger partial charge in [0, 0.05) is 18.3 Å². The predicted octanol–water partition coefficient (Wildman–Crippen LogP) is 1.44. The molecule has 1 aromatic rings. The smallest absolute Gasteiger partial charge is 0.238 e. The van der Waals surface area contributed by atoms with Crippen LogP contribution in [0.4, 0.5) is 14.5 Å². The number of hydrogen-bond acceptors (Lipinski definition) is 3. The van der Waals surface area contributed by atoms with Gasteiger partial charge in [-0.25, -0.2) is 8.78 Å². The van der Waals surface area contributed by atoms with Crippen molar-refractivity contribution in [3.63, 3.8) is 0 Å². The van der Waals surface area contributed by atoms with E-state index < -0.39 is 11.6 Å². The van der Waals surface area contributed by atoms with Crippen LogP contribution in [0.15, 0.2) is 18.2 Å². The third kappa shape index (κ3) is 3.98. The second kappa shape index (κ2) is 6.76. The third-order valence-corrected chi connectivity index (χ3v) is 3.43. The maximum absolute atomic E-state index is 13.0. The maximum Gasteiger partial charge on any atom is 0.238 e. The topological polar surface area (TPSA) is 44.4 Å². The molecule has 2 N–H and O–H groups in total. The zero-order valence-corrected chi connectivity index (χ0v) is 11.5. The van der Waals surface area contributed by atoms with Crippen molar-refractivity contribution in [2.24, 2.45) is 5.92 Å². The lowest BCUT2D eigenvalue weighted by Gasteiger charge is -2.15. The van der Waals surface area contributed by atoms with Crippen molar-refractivity contribution in [2.75, 3.05) is 38.5 Å². The van der Waals surface area contributed by atoms with E-state index in [-0.39, 0.29) is 18.1 Å². The van der Waals surface area contributed by atoms with Crippen LogP contribution < -0.4 is 10.6 Å². The zero-order valence-electron chi connectivity index (χ0n) is 11.5. The van der Waals surface area contributed by atoms with Gasteiger partial charge in [0.15, 0.2) is 11.6 Å². The van der Waals surface area contributed by atoms with Crippen molar-refractivity contribution in [1.82, 2.24) is 10.2 Å². The summed E-state index contributed by atoms with van der Waals surface area (Å²) in [6.07, 6.45) is 1.07. The average molecular weight is 283 g/mol. The standard InChI is InChI=1S/C14H19F2N3O/c1-17-7-10-4-5-19(8-10)9-14(20)18-11-2-3-12(15)13(16)6-11/h2-3,6,10,17H,4-5,7-9H2,1H3,(H,18,20). The summed E-state index contributed by atoms with van der Waals surface area (Å²) in [5.41, 5.74) is 0.278. The Kier molecular flexibility index (Phi) is 5.03. The Hall–Kier alpha value is -1.53. The first-order valence-corrected chi connectivity index (χ1v) is 6.70. The van der Waals surface area contributed by atoms with Gasteiger partial charge in [0.25, 0.3) is 0 Å². The number of nitrogens with one attached hydrogen (secondary N) is 2. The van der Waals surface area contributed by atoms with E-state index in [0.717, 1.165) is 38.2 Å². The van der Waals surface area contributed by atoms with E-state index in [2.05, 4.69) is 15.5 Å². The summed E-state index contributed by atoms with van der Waals surface area (Å²) in [5, 5.41) is 5.71. The molecule has 0 radical (unpaired) electrons. The lowest BCUT2D eigenvalue weighted by atomic mass is 10.1. The fourth-order valence-corrected chi connectivity index (χ4v) is 2.49. The number of rotatable bonds is 5. The van der Waals surface area contributed by atoms with E-state index in [4.69, 9.17) is 0 Å². The van der Waals surface area contributed by atoms with Gasteiger partial charge in [-0.2, -0.15) is 0 Å². The molecule has 0 saturated carbocycles. The molecule has 1 aliphatic heterocycles. The van der Waals surface area contributed by atoms with Crippen LogP contribution in [0.2, 0.25) is 0 Å². The summed E-state index contributed by atoms with van der Waals surface area (Å²) in [5.74, 6) is -1.52. The Balaban J connectivity index is 1.82. The molecule has 1 amide bonds. The van der Waals surface area contributed by atoms with Gasteiger partial charge in [-0.05, 0) is 44.6 Å². The molecule has 1 aromatic carbocycles. The first-order chi connectivity index (χ1) is 9.58. The molecule has 0 spiro atoms. The molecule has 1 aliphatic rings. The predicted molar refractivity (Wildman–Crippen MR) is 73.5 cm³/mol. The molecule has 6 heteroatoms. The molecule has 0 aliphatic carbocycles. The van der Waals surface area contributed by atoms with E-state index in [1.165, 1.54) is 6.07 Å². The number of amides is 1. The van der Waals surface area contributed by atoms with Crippen LogP contribution in [-0.4, -0.2) is 44.0 Å². The minimum absolute atomic E-state index is 0.207. The maximum atomic E-state index is 13.0. The van der Waals surface area contributed by atoms with Gasteiger partial charge in [-0.3, -0.25) is 9.69 Å². The molecule has 1 atom stereocenters. The molecular weight excluding hydrogens is 264 g/mol. The largest absolute Gasteiger partial charge is 0.325 e. The monoisotopic (exact) mass is 283 g/mol. The van der Waals surface area contributed by atoms with Crippen molar-refractivity contribution in [3.8, 4) is 0 Å². The Morgan fingerprint density at radius 1 is 1.40 bits per heavy atom. The van der Waals surface area contributed by atoms with Crippen LogP contribution in [0.5, 0.6) is 0 Å². The molecule has 4 nitrogen and oxygen atoms in total. The van der Waals surface area contributed by atoms with Gasteiger partial charge in [0.1, 0.15) is 0 Å². The summed E-state index contributed by atoms with van der Waals surface area (Å²) < 4.78 is 25.8. The highest BCUT2D eigenvalue weighted by molar-refractivity contribution is 5.92. The number of likely N-dealkylation sites (tertiary alicyclic amines) is 1.